The van der Waals surface area contributed by atoms with Crippen molar-refractivity contribution in [1.29, 1.82) is 0 Å². The molecule has 1 aliphatic carbocycles. The molecule has 1 amide bonds. The third-order valence-electron chi connectivity index (χ3n) is 5.15. The van der Waals surface area contributed by atoms with Crippen molar-refractivity contribution in [3.05, 3.63) is 29.5 Å². The summed E-state index contributed by atoms with van der Waals surface area (Å²) in [5.74, 6) is -0.355. The fourth-order valence-corrected chi connectivity index (χ4v) is 4.07. The Morgan fingerprint density at radius 1 is 1.24 bits per heavy atom. The molecule has 1 N–H and O–H groups in total. The van der Waals surface area contributed by atoms with Crippen molar-refractivity contribution in [2.24, 2.45) is 0 Å². The van der Waals surface area contributed by atoms with Crippen LogP contribution >= 0.6 is 12.2 Å². The minimum absolute atomic E-state index is 0.0754. The van der Waals surface area contributed by atoms with Crippen LogP contribution in [0.5, 0.6) is 11.5 Å². The molecule has 0 aromatic heterocycles. The van der Waals surface area contributed by atoms with E-state index in [0.29, 0.717) is 28.9 Å². The van der Waals surface area contributed by atoms with Crippen molar-refractivity contribution in [1.82, 2.24) is 9.80 Å². The van der Waals surface area contributed by atoms with Crippen molar-refractivity contribution in [2.75, 3.05) is 20.3 Å². The molecule has 1 aromatic rings. The number of rotatable bonds is 7. The highest BCUT2D eigenvalue weighted by molar-refractivity contribution is 7.80. The second kappa shape index (κ2) is 9.26. The van der Waals surface area contributed by atoms with Gasteiger partial charge in [0.2, 0.25) is 0 Å². The number of amides is 1. The lowest BCUT2D eigenvalue weighted by molar-refractivity contribution is -0.139. The first-order valence-corrected chi connectivity index (χ1v) is 10.3. The number of carbonyl (C=O) groups excluding carboxylic acids is 1. The number of thiocarbonyl (C=S) groups is 1. The van der Waals surface area contributed by atoms with Gasteiger partial charge < -0.3 is 19.5 Å². The summed E-state index contributed by atoms with van der Waals surface area (Å²) in [6.45, 7) is 1.79. The third-order valence-corrected chi connectivity index (χ3v) is 5.62. The molecule has 2 fully saturated rings. The molecular weight excluding hydrogens is 392 g/mol. The Hall–Kier alpha value is -2.61. The molecular formula is C21H26N2O5S. The summed E-state index contributed by atoms with van der Waals surface area (Å²) < 4.78 is 10.9. The maximum absolute atomic E-state index is 13.1. The van der Waals surface area contributed by atoms with E-state index in [2.05, 4.69) is 0 Å². The van der Waals surface area contributed by atoms with Crippen molar-refractivity contribution < 1.29 is 24.2 Å². The van der Waals surface area contributed by atoms with Gasteiger partial charge in [-0.15, -0.1) is 0 Å². The summed E-state index contributed by atoms with van der Waals surface area (Å²) in [4.78, 5) is 27.4. The number of carbonyl (C=O) groups is 2. The van der Waals surface area contributed by atoms with Crippen LogP contribution < -0.4 is 9.47 Å². The van der Waals surface area contributed by atoms with E-state index < -0.39 is 12.6 Å². The van der Waals surface area contributed by atoms with E-state index >= 15 is 0 Å². The molecule has 3 rings (SSSR count). The Balaban J connectivity index is 1.86. The molecule has 1 aliphatic heterocycles. The lowest BCUT2D eigenvalue weighted by Gasteiger charge is -2.30. The van der Waals surface area contributed by atoms with Crippen molar-refractivity contribution >= 4 is 35.3 Å². The van der Waals surface area contributed by atoms with Crippen LogP contribution in [0.15, 0.2) is 23.9 Å². The monoisotopic (exact) mass is 418 g/mol. The predicted octanol–water partition coefficient (Wildman–Crippen LogP) is 3.28. The van der Waals surface area contributed by atoms with E-state index in [0.717, 1.165) is 31.2 Å². The van der Waals surface area contributed by atoms with Gasteiger partial charge in [0.15, 0.2) is 23.2 Å². The number of ether oxygens (including phenoxy) is 2. The van der Waals surface area contributed by atoms with Crippen molar-refractivity contribution in [2.45, 2.75) is 45.1 Å². The molecule has 1 aromatic carbocycles. The minimum atomic E-state index is -1.06. The second-order valence-corrected chi connectivity index (χ2v) is 7.52. The van der Waals surface area contributed by atoms with Crippen LogP contribution in [0.25, 0.3) is 6.08 Å². The molecule has 0 spiro atoms. The zero-order valence-corrected chi connectivity index (χ0v) is 17.5. The molecule has 1 saturated heterocycles. The molecule has 0 unspecified atom stereocenters. The maximum Gasteiger partial charge on any atom is 0.341 e. The van der Waals surface area contributed by atoms with Gasteiger partial charge in [-0.1, -0.05) is 25.3 Å². The Morgan fingerprint density at radius 2 is 1.97 bits per heavy atom. The van der Waals surface area contributed by atoms with Crippen LogP contribution in [-0.4, -0.2) is 58.2 Å². The topological polar surface area (TPSA) is 79.3 Å². The number of likely N-dealkylation sites (N-methyl/N-ethyl adjacent to an activating group) is 1. The maximum atomic E-state index is 13.1. The molecule has 7 nitrogen and oxygen atoms in total. The molecule has 156 valence electrons. The molecule has 2 aliphatic rings. The van der Waals surface area contributed by atoms with Gasteiger partial charge in [0, 0.05) is 13.1 Å². The van der Waals surface area contributed by atoms with Gasteiger partial charge in [-0.05, 0) is 55.8 Å². The third kappa shape index (κ3) is 4.70. The van der Waals surface area contributed by atoms with Gasteiger partial charge >= 0.3 is 5.97 Å². The molecule has 1 heterocycles. The van der Waals surface area contributed by atoms with Gasteiger partial charge in [0.1, 0.15) is 5.70 Å². The van der Waals surface area contributed by atoms with E-state index in [4.69, 9.17) is 26.8 Å². The predicted molar refractivity (Wildman–Crippen MR) is 113 cm³/mol. The first-order chi connectivity index (χ1) is 13.9. The highest BCUT2D eigenvalue weighted by Crippen LogP contribution is 2.33. The number of carboxylic acids is 1. The average molecular weight is 419 g/mol. The van der Waals surface area contributed by atoms with E-state index in [-0.39, 0.29) is 11.9 Å². The highest BCUT2D eigenvalue weighted by Gasteiger charge is 2.40. The van der Waals surface area contributed by atoms with Crippen LogP contribution in [0.1, 0.15) is 44.6 Å². The summed E-state index contributed by atoms with van der Waals surface area (Å²) in [5, 5.41) is 9.36. The highest BCUT2D eigenvalue weighted by atomic mass is 32.1. The second-order valence-electron chi connectivity index (χ2n) is 7.16. The fraction of sp³-hybridized carbons (Fsp3) is 0.476. The largest absolute Gasteiger partial charge is 0.490 e. The van der Waals surface area contributed by atoms with Crippen LogP contribution in [0, 0.1) is 0 Å². The number of aliphatic carboxylic acids is 1. The number of hydrogen-bond acceptors (Lipinski definition) is 5. The van der Waals surface area contributed by atoms with Crippen LogP contribution in [0.2, 0.25) is 0 Å². The number of nitrogens with zero attached hydrogens (tertiary/aromatic N) is 2. The Morgan fingerprint density at radius 3 is 2.62 bits per heavy atom. The lowest BCUT2D eigenvalue weighted by Crippen LogP contribution is -2.41. The van der Waals surface area contributed by atoms with Gasteiger partial charge in [0.05, 0.1) is 6.61 Å². The zero-order chi connectivity index (χ0) is 21.0. The normalized spacial score (nSPS) is 19.2. The van der Waals surface area contributed by atoms with Crippen LogP contribution in [0.4, 0.5) is 0 Å². The van der Waals surface area contributed by atoms with Crippen molar-refractivity contribution in [3.63, 3.8) is 0 Å². The van der Waals surface area contributed by atoms with Gasteiger partial charge in [-0.25, -0.2) is 4.79 Å². The molecule has 8 heteroatoms. The molecule has 1 saturated carbocycles. The Bertz CT molecular complexity index is 832. The van der Waals surface area contributed by atoms with Gasteiger partial charge in [0.25, 0.3) is 5.91 Å². The fourth-order valence-electron chi connectivity index (χ4n) is 3.74. The Labute approximate surface area is 175 Å². The van der Waals surface area contributed by atoms with Gasteiger partial charge in [-0.3, -0.25) is 9.69 Å². The number of hydrogen-bond donors (Lipinski definition) is 1. The van der Waals surface area contributed by atoms with Gasteiger partial charge in [-0.2, -0.15) is 0 Å². The molecule has 0 bridgehead atoms. The quantitative estimate of drug-likeness (QED) is 0.538. The first kappa shape index (κ1) is 21.1. The van der Waals surface area contributed by atoms with E-state index in [1.165, 1.54) is 6.42 Å². The summed E-state index contributed by atoms with van der Waals surface area (Å²) in [5.41, 5.74) is 1.27. The number of carboxylic acid groups (broad SMARTS) is 1. The molecule has 0 radical (unpaired) electrons. The van der Waals surface area contributed by atoms with E-state index in [9.17, 15) is 9.59 Å². The zero-order valence-electron chi connectivity index (χ0n) is 16.7. The first-order valence-electron chi connectivity index (χ1n) is 9.86. The standard InChI is InChI=1S/C21H26N2O5S/c1-3-27-18-12-14(9-10-17(18)28-13-19(24)25)11-16-20(26)23(21(29)22(16)2)15-7-5-4-6-8-15/h9-12,15H,3-8,13H2,1-2H3,(H,24,25)/b16-11-. The molecule has 29 heavy (non-hydrogen) atoms. The van der Waals surface area contributed by atoms with E-state index in [1.54, 1.807) is 34.1 Å². The number of benzene rings is 1. The Kier molecular flexibility index (Phi) is 6.74. The summed E-state index contributed by atoms with van der Waals surface area (Å²) in [7, 11) is 1.81. The average Bonchev–Trinajstić information content (AvgIpc) is 2.91. The lowest BCUT2D eigenvalue weighted by atomic mass is 9.94. The summed E-state index contributed by atoms with van der Waals surface area (Å²) in [6.07, 6.45) is 7.19. The summed E-state index contributed by atoms with van der Waals surface area (Å²) >= 11 is 5.55. The molecule has 0 atom stereocenters. The van der Waals surface area contributed by atoms with Crippen LogP contribution in [-0.2, 0) is 9.59 Å². The van der Waals surface area contributed by atoms with Crippen molar-refractivity contribution in [3.8, 4) is 11.5 Å². The van der Waals surface area contributed by atoms with Crippen LogP contribution in [0.3, 0.4) is 0 Å². The SMILES string of the molecule is CCOc1cc(/C=C2/C(=O)N(C3CCCCC3)C(=S)N2C)ccc1OCC(=O)O. The summed E-state index contributed by atoms with van der Waals surface area (Å²) in [6, 6.07) is 5.32. The van der Waals surface area contributed by atoms with E-state index in [1.807, 2.05) is 14.0 Å². The smallest absolute Gasteiger partial charge is 0.341 e. The minimum Gasteiger partial charge on any atom is -0.490 e.